The van der Waals surface area contributed by atoms with Crippen LogP contribution in [0.2, 0.25) is 0 Å². The Kier molecular flexibility index (Phi) is 4.85. The van der Waals surface area contributed by atoms with Crippen LogP contribution in [0.5, 0.6) is 0 Å². The third-order valence-corrected chi connectivity index (χ3v) is 3.50. The molecule has 1 atom stereocenters. The van der Waals surface area contributed by atoms with Gasteiger partial charge in [-0.3, -0.25) is 0 Å². The molecule has 1 unspecified atom stereocenters. The first kappa shape index (κ1) is 14.7. The molecule has 106 valence electrons. The molecule has 0 aliphatic rings. The third-order valence-electron chi connectivity index (χ3n) is 3.50. The first-order valence-electron chi connectivity index (χ1n) is 6.81. The number of benzene rings is 2. The number of halogens is 2. The van der Waals surface area contributed by atoms with E-state index in [4.69, 9.17) is 0 Å². The Morgan fingerprint density at radius 3 is 2.50 bits per heavy atom. The highest BCUT2D eigenvalue weighted by Crippen LogP contribution is 2.16. The summed E-state index contributed by atoms with van der Waals surface area (Å²) >= 11 is 0. The largest absolute Gasteiger partial charge is 0.310 e. The van der Waals surface area contributed by atoms with Gasteiger partial charge in [0, 0.05) is 6.04 Å². The molecule has 1 N–H and O–H groups in total. The average molecular weight is 275 g/mol. The predicted octanol–water partition coefficient (Wildman–Crippen LogP) is 4.17. The minimum absolute atomic E-state index is 0.0388. The van der Waals surface area contributed by atoms with Crippen LogP contribution in [0.1, 0.15) is 29.7 Å². The summed E-state index contributed by atoms with van der Waals surface area (Å²) in [7, 11) is 0. The molecule has 0 aliphatic heterocycles. The fraction of sp³-hybridized carbons (Fsp3) is 0.294. The Hall–Kier alpha value is -1.74. The summed E-state index contributed by atoms with van der Waals surface area (Å²) in [6.07, 6.45) is 0.616. The SMILES string of the molecule is Cc1ccc(C(C)NCCc2ccccc2F)cc1F. The molecule has 1 nitrogen and oxygen atoms in total. The van der Waals surface area contributed by atoms with Crippen LogP contribution in [-0.2, 0) is 6.42 Å². The van der Waals surface area contributed by atoms with Gasteiger partial charge in [-0.15, -0.1) is 0 Å². The van der Waals surface area contributed by atoms with Gasteiger partial charge < -0.3 is 5.32 Å². The van der Waals surface area contributed by atoms with Crippen molar-refractivity contribution in [3.05, 3.63) is 70.8 Å². The number of hydrogen-bond acceptors (Lipinski definition) is 1. The molecule has 0 aliphatic carbocycles. The van der Waals surface area contributed by atoms with E-state index in [9.17, 15) is 8.78 Å². The van der Waals surface area contributed by atoms with Gasteiger partial charge in [0.15, 0.2) is 0 Å². The van der Waals surface area contributed by atoms with Crippen LogP contribution in [0.3, 0.4) is 0 Å². The second-order valence-corrected chi connectivity index (χ2v) is 5.03. The van der Waals surface area contributed by atoms with Gasteiger partial charge in [0.05, 0.1) is 0 Å². The average Bonchev–Trinajstić information content (AvgIpc) is 2.44. The molecule has 2 rings (SSSR count). The van der Waals surface area contributed by atoms with Crippen LogP contribution in [-0.4, -0.2) is 6.54 Å². The van der Waals surface area contributed by atoms with Crippen molar-refractivity contribution >= 4 is 0 Å². The zero-order valence-corrected chi connectivity index (χ0v) is 11.8. The van der Waals surface area contributed by atoms with Crippen LogP contribution in [0.4, 0.5) is 8.78 Å². The summed E-state index contributed by atoms with van der Waals surface area (Å²) in [6.45, 7) is 4.37. The van der Waals surface area contributed by atoms with Crippen molar-refractivity contribution in [2.24, 2.45) is 0 Å². The van der Waals surface area contributed by atoms with E-state index in [0.29, 0.717) is 24.1 Å². The molecule has 0 saturated carbocycles. The van der Waals surface area contributed by atoms with Crippen molar-refractivity contribution in [3.63, 3.8) is 0 Å². The number of nitrogens with one attached hydrogen (secondary N) is 1. The second-order valence-electron chi connectivity index (χ2n) is 5.03. The third kappa shape index (κ3) is 3.64. The lowest BCUT2D eigenvalue weighted by Gasteiger charge is -2.15. The molecule has 0 bridgehead atoms. The van der Waals surface area contributed by atoms with Gasteiger partial charge in [-0.25, -0.2) is 8.78 Å². The fourth-order valence-electron chi connectivity index (χ4n) is 2.12. The Labute approximate surface area is 118 Å². The molecule has 0 spiro atoms. The normalized spacial score (nSPS) is 12.4. The van der Waals surface area contributed by atoms with Crippen LogP contribution < -0.4 is 5.32 Å². The van der Waals surface area contributed by atoms with Crippen LogP contribution in [0, 0.1) is 18.6 Å². The molecule has 0 fully saturated rings. The molecule has 2 aromatic rings. The van der Waals surface area contributed by atoms with Gasteiger partial charge in [0.1, 0.15) is 11.6 Å². The summed E-state index contributed by atoms with van der Waals surface area (Å²) in [6, 6.07) is 12.1. The smallest absolute Gasteiger partial charge is 0.126 e. The zero-order valence-electron chi connectivity index (χ0n) is 11.8. The van der Waals surface area contributed by atoms with E-state index < -0.39 is 0 Å². The Morgan fingerprint density at radius 1 is 1.05 bits per heavy atom. The van der Waals surface area contributed by atoms with Crippen LogP contribution in [0.25, 0.3) is 0 Å². The van der Waals surface area contributed by atoms with Gasteiger partial charge in [0.25, 0.3) is 0 Å². The fourth-order valence-corrected chi connectivity index (χ4v) is 2.12. The van der Waals surface area contributed by atoms with E-state index in [1.54, 1.807) is 31.2 Å². The molecule has 0 radical (unpaired) electrons. The maximum absolute atomic E-state index is 13.5. The molecule has 20 heavy (non-hydrogen) atoms. The van der Waals surface area contributed by atoms with Crippen molar-refractivity contribution in [2.45, 2.75) is 26.3 Å². The monoisotopic (exact) mass is 275 g/mol. The number of hydrogen-bond donors (Lipinski definition) is 1. The van der Waals surface area contributed by atoms with Crippen molar-refractivity contribution in [1.29, 1.82) is 0 Å². The van der Waals surface area contributed by atoms with E-state index >= 15 is 0 Å². The van der Waals surface area contributed by atoms with Crippen LogP contribution >= 0.6 is 0 Å². The topological polar surface area (TPSA) is 12.0 Å². The van der Waals surface area contributed by atoms with E-state index in [-0.39, 0.29) is 17.7 Å². The molecule has 0 saturated heterocycles. The van der Waals surface area contributed by atoms with Gasteiger partial charge in [-0.05, 0) is 55.6 Å². The van der Waals surface area contributed by atoms with Crippen molar-refractivity contribution in [2.75, 3.05) is 6.54 Å². The summed E-state index contributed by atoms with van der Waals surface area (Å²) < 4.78 is 27.0. The second kappa shape index (κ2) is 6.62. The Morgan fingerprint density at radius 2 is 1.80 bits per heavy atom. The standard InChI is InChI=1S/C17H19F2N/c1-12-7-8-15(11-17(12)19)13(2)20-10-9-14-5-3-4-6-16(14)18/h3-8,11,13,20H,9-10H2,1-2H3. The number of rotatable bonds is 5. The lowest BCUT2D eigenvalue weighted by molar-refractivity contribution is 0.553. The van der Waals surface area contributed by atoms with E-state index in [1.807, 2.05) is 19.1 Å². The minimum atomic E-state index is -0.190. The molecular weight excluding hydrogens is 256 g/mol. The lowest BCUT2D eigenvalue weighted by Crippen LogP contribution is -2.21. The first-order chi connectivity index (χ1) is 9.58. The van der Waals surface area contributed by atoms with Crippen molar-refractivity contribution in [1.82, 2.24) is 5.32 Å². The van der Waals surface area contributed by atoms with E-state index in [2.05, 4.69) is 5.32 Å². The van der Waals surface area contributed by atoms with Crippen molar-refractivity contribution in [3.8, 4) is 0 Å². The summed E-state index contributed by atoms with van der Waals surface area (Å²) in [5.74, 6) is -0.367. The quantitative estimate of drug-likeness (QED) is 0.863. The van der Waals surface area contributed by atoms with Crippen LogP contribution in [0.15, 0.2) is 42.5 Å². The molecule has 0 heterocycles. The summed E-state index contributed by atoms with van der Waals surface area (Å²) in [5, 5.41) is 3.29. The van der Waals surface area contributed by atoms with Crippen molar-refractivity contribution < 1.29 is 8.78 Å². The molecular formula is C17H19F2N. The molecule has 0 amide bonds. The molecule has 2 aromatic carbocycles. The highest BCUT2D eigenvalue weighted by atomic mass is 19.1. The van der Waals surface area contributed by atoms with Gasteiger partial charge >= 0.3 is 0 Å². The zero-order chi connectivity index (χ0) is 14.5. The van der Waals surface area contributed by atoms with E-state index in [1.165, 1.54) is 6.07 Å². The summed E-state index contributed by atoms with van der Waals surface area (Å²) in [5.41, 5.74) is 2.25. The highest BCUT2D eigenvalue weighted by molar-refractivity contribution is 5.25. The van der Waals surface area contributed by atoms with E-state index in [0.717, 1.165) is 5.56 Å². The number of aryl methyl sites for hydroxylation is 1. The highest BCUT2D eigenvalue weighted by Gasteiger charge is 2.07. The summed E-state index contributed by atoms with van der Waals surface area (Å²) in [4.78, 5) is 0. The molecule has 3 heteroatoms. The Balaban J connectivity index is 1.90. The van der Waals surface area contributed by atoms with Gasteiger partial charge in [-0.2, -0.15) is 0 Å². The van der Waals surface area contributed by atoms with Gasteiger partial charge in [-0.1, -0.05) is 30.3 Å². The molecule has 0 aromatic heterocycles. The lowest BCUT2D eigenvalue weighted by atomic mass is 10.1. The minimum Gasteiger partial charge on any atom is -0.310 e. The Bertz CT molecular complexity index is 581. The first-order valence-corrected chi connectivity index (χ1v) is 6.81. The predicted molar refractivity (Wildman–Crippen MR) is 77.7 cm³/mol. The maximum atomic E-state index is 13.5. The maximum Gasteiger partial charge on any atom is 0.126 e. The van der Waals surface area contributed by atoms with Gasteiger partial charge in [0.2, 0.25) is 0 Å².